The summed E-state index contributed by atoms with van der Waals surface area (Å²) in [5, 5.41) is 12.0. The van der Waals surface area contributed by atoms with Crippen LogP contribution in [-0.4, -0.2) is 17.6 Å². The molecule has 2 aromatic rings. The Kier molecular flexibility index (Phi) is 5.17. The van der Waals surface area contributed by atoms with E-state index >= 15 is 0 Å². The summed E-state index contributed by atoms with van der Waals surface area (Å²) >= 11 is 0. The molecule has 0 fully saturated rings. The fraction of sp³-hybridized carbons (Fsp3) is 0.188. The highest BCUT2D eigenvalue weighted by molar-refractivity contribution is 6.01. The van der Waals surface area contributed by atoms with Crippen molar-refractivity contribution in [1.82, 2.24) is 0 Å². The molecule has 110 valence electrons. The van der Waals surface area contributed by atoms with Gasteiger partial charge in [-0.15, -0.1) is 0 Å². The van der Waals surface area contributed by atoms with Crippen LogP contribution in [0, 0.1) is 0 Å². The highest BCUT2D eigenvalue weighted by atomic mass is 16.5. The molecule has 1 amide bonds. The molecule has 1 heterocycles. The van der Waals surface area contributed by atoms with Crippen molar-refractivity contribution in [3.8, 4) is 5.75 Å². The molecule has 1 aromatic carbocycles. The van der Waals surface area contributed by atoms with Crippen LogP contribution in [0.5, 0.6) is 5.75 Å². The first-order valence-electron chi connectivity index (χ1n) is 6.62. The third kappa shape index (κ3) is 4.22. The van der Waals surface area contributed by atoms with Crippen molar-refractivity contribution in [1.29, 1.82) is 0 Å². The molecule has 0 saturated carbocycles. The average molecular weight is 287 g/mol. The number of furan rings is 1. The van der Waals surface area contributed by atoms with Crippen LogP contribution in [0.25, 0.3) is 6.08 Å². The summed E-state index contributed by atoms with van der Waals surface area (Å²) in [4.78, 5) is 11.8. The second-order valence-corrected chi connectivity index (χ2v) is 4.25. The van der Waals surface area contributed by atoms with E-state index in [1.165, 1.54) is 12.3 Å². The van der Waals surface area contributed by atoms with Crippen LogP contribution in [0.4, 0.5) is 5.69 Å². The van der Waals surface area contributed by atoms with Gasteiger partial charge in [-0.2, -0.15) is 0 Å². The Morgan fingerprint density at radius 2 is 2.29 bits per heavy atom. The molecule has 2 rings (SSSR count). The van der Waals surface area contributed by atoms with E-state index in [4.69, 9.17) is 9.15 Å². The third-order valence-electron chi connectivity index (χ3n) is 2.74. The summed E-state index contributed by atoms with van der Waals surface area (Å²) in [5.41, 5.74) is 1.22. The maximum absolute atomic E-state index is 11.8. The van der Waals surface area contributed by atoms with Gasteiger partial charge in [-0.25, -0.2) is 0 Å². The molecule has 0 aliphatic rings. The molecule has 1 aromatic heterocycles. The second kappa shape index (κ2) is 7.31. The normalized spacial score (nSPS) is 10.8. The van der Waals surface area contributed by atoms with Gasteiger partial charge in [0.05, 0.1) is 19.5 Å². The molecular formula is C16H17NO4. The van der Waals surface area contributed by atoms with E-state index in [1.807, 2.05) is 6.92 Å². The van der Waals surface area contributed by atoms with Gasteiger partial charge in [0, 0.05) is 17.3 Å². The summed E-state index contributed by atoms with van der Waals surface area (Å²) in [6.07, 6.45) is 4.50. The summed E-state index contributed by atoms with van der Waals surface area (Å²) < 4.78 is 10.5. The molecule has 0 radical (unpaired) electrons. The van der Waals surface area contributed by atoms with Crippen LogP contribution in [0.2, 0.25) is 0 Å². The monoisotopic (exact) mass is 287 g/mol. The summed E-state index contributed by atoms with van der Waals surface area (Å²) in [6, 6.07) is 8.63. The maximum Gasteiger partial charge on any atom is 0.248 e. The standard InChI is InChI=1S/C16H17NO4/c1-2-20-15-7-5-13(10-12(15)11-18)17-16(19)8-6-14-4-3-9-21-14/h3-10,18H,2,11H2,1H3,(H,17,19)/b8-6+. The van der Waals surface area contributed by atoms with Crippen molar-refractivity contribution in [2.45, 2.75) is 13.5 Å². The van der Waals surface area contributed by atoms with Crippen LogP contribution < -0.4 is 10.1 Å². The number of hydrogen-bond donors (Lipinski definition) is 2. The number of anilines is 1. The molecular weight excluding hydrogens is 270 g/mol. The predicted octanol–water partition coefficient (Wildman–Crippen LogP) is 2.82. The lowest BCUT2D eigenvalue weighted by Crippen LogP contribution is -2.08. The average Bonchev–Trinajstić information content (AvgIpc) is 3.00. The van der Waals surface area contributed by atoms with E-state index in [1.54, 1.807) is 36.4 Å². The Labute approximate surface area is 122 Å². The number of aliphatic hydroxyl groups is 1. The van der Waals surface area contributed by atoms with Gasteiger partial charge in [-0.05, 0) is 43.3 Å². The fourth-order valence-electron chi connectivity index (χ4n) is 1.80. The minimum Gasteiger partial charge on any atom is -0.494 e. The number of carbonyl (C=O) groups excluding carboxylic acids is 1. The lowest BCUT2D eigenvalue weighted by Gasteiger charge is -2.10. The first-order valence-corrected chi connectivity index (χ1v) is 6.62. The van der Waals surface area contributed by atoms with Gasteiger partial charge < -0.3 is 19.6 Å². The molecule has 0 bridgehead atoms. The van der Waals surface area contributed by atoms with Gasteiger partial charge in [0.25, 0.3) is 0 Å². The number of ether oxygens (including phenoxy) is 1. The number of amides is 1. The Bertz CT molecular complexity index is 617. The van der Waals surface area contributed by atoms with E-state index in [0.29, 0.717) is 29.4 Å². The van der Waals surface area contributed by atoms with E-state index in [0.717, 1.165) is 0 Å². The smallest absolute Gasteiger partial charge is 0.248 e. The van der Waals surface area contributed by atoms with Crippen molar-refractivity contribution >= 4 is 17.7 Å². The Hall–Kier alpha value is -2.53. The van der Waals surface area contributed by atoms with Crippen LogP contribution >= 0.6 is 0 Å². The maximum atomic E-state index is 11.8. The molecule has 0 unspecified atom stereocenters. The lowest BCUT2D eigenvalue weighted by molar-refractivity contribution is -0.111. The zero-order chi connectivity index (χ0) is 15.1. The number of rotatable bonds is 6. The third-order valence-corrected chi connectivity index (χ3v) is 2.74. The van der Waals surface area contributed by atoms with Crippen LogP contribution in [0.15, 0.2) is 47.1 Å². The summed E-state index contributed by atoms with van der Waals surface area (Å²) in [7, 11) is 0. The van der Waals surface area contributed by atoms with Gasteiger partial charge in [-0.1, -0.05) is 0 Å². The number of carbonyl (C=O) groups is 1. The fourth-order valence-corrected chi connectivity index (χ4v) is 1.80. The van der Waals surface area contributed by atoms with E-state index in [2.05, 4.69) is 5.32 Å². The number of benzene rings is 1. The van der Waals surface area contributed by atoms with Gasteiger partial charge in [0.2, 0.25) is 5.91 Å². The van der Waals surface area contributed by atoms with Gasteiger partial charge in [-0.3, -0.25) is 4.79 Å². The van der Waals surface area contributed by atoms with E-state index in [-0.39, 0.29) is 12.5 Å². The topological polar surface area (TPSA) is 71.7 Å². The highest BCUT2D eigenvalue weighted by Crippen LogP contribution is 2.23. The minimum atomic E-state index is -0.278. The van der Waals surface area contributed by atoms with Crippen molar-refractivity contribution < 1.29 is 19.1 Å². The molecule has 0 saturated heterocycles. The van der Waals surface area contributed by atoms with Crippen LogP contribution in [0.3, 0.4) is 0 Å². The first-order chi connectivity index (χ1) is 10.2. The zero-order valence-corrected chi connectivity index (χ0v) is 11.7. The molecule has 0 atom stereocenters. The van der Waals surface area contributed by atoms with Crippen LogP contribution in [-0.2, 0) is 11.4 Å². The number of hydrogen-bond acceptors (Lipinski definition) is 4. The SMILES string of the molecule is CCOc1ccc(NC(=O)/C=C/c2ccco2)cc1CO. The van der Waals surface area contributed by atoms with Crippen molar-refractivity contribution in [2.75, 3.05) is 11.9 Å². The summed E-state index contributed by atoms with van der Waals surface area (Å²) in [6.45, 7) is 2.24. The molecule has 5 nitrogen and oxygen atoms in total. The minimum absolute atomic E-state index is 0.152. The summed E-state index contributed by atoms with van der Waals surface area (Å²) in [5.74, 6) is 0.941. The quantitative estimate of drug-likeness (QED) is 0.801. The van der Waals surface area contributed by atoms with Crippen LogP contribution in [0.1, 0.15) is 18.2 Å². The lowest BCUT2D eigenvalue weighted by atomic mass is 10.2. The zero-order valence-electron chi connectivity index (χ0n) is 11.7. The highest BCUT2D eigenvalue weighted by Gasteiger charge is 2.05. The van der Waals surface area contributed by atoms with E-state index < -0.39 is 0 Å². The van der Waals surface area contributed by atoms with Crippen molar-refractivity contribution in [2.24, 2.45) is 0 Å². The number of aliphatic hydroxyl groups excluding tert-OH is 1. The van der Waals surface area contributed by atoms with E-state index in [9.17, 15) is 9.90 Å². The van der Waals surface area contributed by atoms with Crippen molar-refractivity contribution in [3.63, 3.8) is 0 Å². The second-order valence-electron chi connectivity index (χ2n) is 4.25. The molecule has 0 spiro atoms. The first kappa shape index (κ1) is 14.9. The Morgan fingerprint density at radius 1 is 1.43 bits per heavy atom. The molecule has 21 heavy (non-hydrogen) atoms. The molecule has 0 aliphatic carbocycles. The largest absolute Gasteiger partial charge is 0.494 e. The number of nitrogens with one attached hydrogen (secondary N) is 1. The van der Waals surface area contributed by atoms with Gasteiger partial charge in [0.1, 0.15) is 11.5 Å². The molecule has 2 N–H and O–H groups in total. The molecule has 5 heteroatoms. The van der Waals surface area contributed by atoms with Gasteiger partial charge in [0.15, 0.2) is 0 Å². The van der Waals surface area contributed by atoms with Crippen molar-refractivity contribution in [3.05, 3.63) is 54.0 Å². The van der Waals surface area contributed by atoms with Gasteiger partial charge >= 0.3 is 0 Å². The Morgan fingerprint density at radius 3 is 2.95 bits per heavy atom. The Balaban J connectivity index is 2.03. The predicted molar refractivity (Wildman–Crippen MR) is 79.9 cm³/mol. The molecule has 0 aliphatic heterocycles.